The van der Waals surface area contributed by atoms with Gasteiger partial charge in [-0.2, -0.15) is 5.26 Å². The van der Waals surface area contributed by atoms with Crippen LogP contribution in [0.1, 0.15) is 56.2 Å². The quantitative estimate of drug-likeness (QED) is 0.300. The lowest BCUT2D eigenvalue weighted by Crippen LogP contribution is -2.47. The standard InChI is InChI=1S/C28H35N3O5/c1-21(2)19-35-26(32)16-15-25(31-28(34)36-20-24-9-4-3-5-10-24)27(33)30-17-7-6-8-22-11-13-23(18-29)14-12-22/h3-5,9-14,21,25H,6-8,15-17,19-20H2,1-2H3,(H,30,33)(H,31,34)/t25-/m1/s1. The number of benzene rings is 2. The minimum atomic E-state index is -0.918. The summed E-state index contributed by atoms with van der Waals surface area (Å²) in [4.78, 5) is 37.1. The summed E-state index contributed by atoms with van der Waals surface area (Å²) >= 11 is 0. The van der Waals surface area contributed by atoms with Gasteiger partial charge in [-0.25, -0.2) is 4.79 Å². The smallest absolute Gasteiger partial charge is 0.408 e. The van der Waals surface area contributed by atoms with Gasteiger partial charge in [0.05, 0.1) is 18.2 Å². The molecule has 2 rings (SSSR count). The number of rotatable bonds is 14. The van der Waals surface area contributed by atoms with Crippen LogP contribution >= 0.6 is 0 Å². The fourth-order valence-electron chi connectivity index (χ4n) is 3.30. The molecule has 0 spiro atoms. The highest BCUT2D eigenvalue weighted by atomic mass is 16.5. The van der Waals surface area contributed by atoms with Crippen molar-refractivity contribution in [1.82, 2.24) is 10.6 Å². The van der Waals surface area contributed by atoms with Crippen molar-refractivity contribution in [3.63, 3.8) is 0 Å². The van der Waals surface area contributed by atoms with E-state index in [2.05, 4.69) is 16.7 Å². The van der Waals surface area contributed by atoms with E-state index in [-0.39, 0.29) is 31.3 Å². The van der Waals surface area contributed by atoms with E-state index < -0.39 is 18.1 Å². The number of nitrogens with zero attached hydrogens (tertiary/aromatic N) is 1. The summed E-state index contributed by atoms with van der Waals surface area (Å²) in [5.74, 6) is -0.575. The summed E-state index contributed by atoms with van der Waals surface area (Å²) in [6, 6.07) is 17.8. The van der Waals surface area contributed by atoms with Crippen molar-refractivity contribution in [3.05, 3.63) is 71.3 Å². The molecule has 0 bridgehead atoms. The van der Waals surface area contributed by atoms with E-state index >= 15 is 0 Å². The Hall–Kier alpha value is -3.86. The molecular formula is C28H35N3O5. The van der Waals surface area contributed by atoms with Crippen molar-refractivity contribution in [2.75, 3.05) is 13.2 Å². The maximum Gasteiger partial charge on any atom is 0.408 e. The van der Waals surface area contributed by atoms with E-state index in [1.807, 2.05) is 56.3 Å². The largest absolute Gasteiger partial charge is 0.465 e. The number of hydrogen-bond acceptors (Lipinski definition) is 6. The lowest BCUT2D eigenvalue weighted by molar-refractivity contribution is -0.145. The van der Waals surface area contributed by atoms with E-state index in [0.717, 1.165) is 30.4 Å². The molecule has 0 saturated carbocycles. The minimum Gasteiger partial charge on any atom is -0.465 e. The van der Waals surface area contributed by atoms with Crippen molar-refractivity contribution in [2.45, 2.75) is 58.6 Å². The Bertz CT molecular complexity index is 1000. The van der Waals surface area contributed by atoms with Gasteiger partial charge >= 0.3 is 12.1 Å². The van der Waals surface area contributed by atoms with Crippen LogP contribution in [-0.2, 0) is 32.1 Å². The van der Waals surface area contributed by atoms with Gasteiger partial charge in [-0.05, 0) is 54.9 Å². The predicted molar refractivity (Wildman–Crippen MR) is 136 cm³/mol. The first-order valence-electron chi connectivity index (χ1n) is 12.3. The summed E-state index contributed by atoms with van der Waals surface area (Å²) in [7, 11) is 0. The molecule has 36 heavy (non-hydrogen) atoms. The summed E-state index contributed by atoms with van der Waals surface area (Å²) in [5, 5.41) is 14.3. The predicted octanol–water partition coefficient (Wildman–Crippen LogP) is 4.27. The molecule has 2 aromatic carbocycles. The topological polar surface area (TPSA) is 118 Å². The Kier molecular flexibility index (Phi) is 12.6. The van der Waals surface area contributed by atoms with Gasteiger partial charge in [0, 0.05) is 13.0 Å². The minimum absolute atomic E-state index is 0.00244. The van der Waals surface area contributed by atoms with Gasteiger partial charge in [-0.15, -0.1) is 0 Å². The molecule has 0 aliphatic rings. The molecule has 8 heteroatoms. The van der Waals surface area contributed by atoms with Gasteiger partial charge < -0.3 is 20.1 Å². The molecule has 0 fully saturated rings. The third-order valence-corrected chi connectivity index (χ3v) is 5.31. The molecule has 0 aromatic heterocycles. The first kappa shape index (κ1) is 28.4. The lowest BCUT2D eigenvalue weighted by atomic mass is 10.1. The molecule has 0 aliphatic heterocycles. The lowest BCUT2D eigenvalue weighted by Gasteiger charge is -2.18. The summed E-state index contributed by atoms with van der Waals surface area (Å²) in [6.45, 7) is 4.70. The second kappa shape index (κ2) is 15.9. The molecule has 0 aliphatic carbocycles. The number of nitrogens with one attached hydrogen (secondary N) is 2. The van der Waals surface area contributed by atoms with Crippen LogP contribution in [0.5, 0.6) is 0 Å². The number of ether oxygens (including phenoxy) is 2. The van der Waals surface area contributed by atoms with E-state index in [4.69, 9.17) is 14.7 Å². The SMILES string of the molecule is CC(C)COC(=O)CC[C@@H](NC(=O)OCc1ccccc1)C(=O)NCCCCc1ccc(C#N)cc1. The first-order chi connectivity index (χ1) is 17.4. The van der Waals surface area contributed by atoms with Crippen LogP contribution in [0.25, 0.3) is 0 Å². The van der Waals surface area contributed by atoms with Crippen molar-refractivity contribution in [2.24, 2.45) is 5.92 Å². The van der Waals surface area contributed by atoms with Gasteiger partial charge in [0.15, 0.2) is 0 Å². The number of esters is 1. The highest BCUT2D eigenvalue weighted by Gasteiger charge is 2.23. The van der Waals surface area contributed by atoms with Crippen LogP contribution in [0.3, 0.4) is 0 Å². The molecule has 0 radical (unpaired) electrons. The highest BCUT2D eigenvalue weighted by molar-refractivity contribution is 5.86. The van der Waals surface area contributed by atoms with Crippen LogP contribution in [0.2, 0.25) is 0 Å². The molecule has 2 aromatic rings. The summed E-state index contributed by atoms with van der Waals surface area (Å²) in [6.07, 6.45) is 1.81. The maximum atomic E-state index is 12.8. The normalized spacial score (nSPS) is 11.3. The maximum absolute atomic E-state index is 12.8. The Morgan fingerprint density at radius 2 is 1.67 bits per heavy atom. The fraction of sp³-hybridized carbons (Fsp3) is 0.429. The zero-order valence-electron chi connectivity index (χ0n) is 21.0. The van der Waals surface area contributed by atoms with Crippen molar-refractivity contribution in [1.29, 1.82) is 5.26 Å². The molecule has 0 unspecified atom stereocenters. The van der Waals surface area contributed by atoms with Crippen molar-refractivity contribution in [3.8, 4) is 6.07 Å². The number of amides is 2. The molecule has 0 saturated heterocycles. The number of carbonyl (C=O) groups excluding carboxylic acids is 3. The Balaban J connectivity index is 1.81. The summed E-state index contributed by atoms with van der Waals surface area (Å²) < 4.78 is 10.4. The third-order valence-electron chi connectivity index (χ3n) is 5.31. The van der Waals surface area contributed by atoms with Gasteiger partial charge in [-0.3, -0.25) is 9.59 Å². The van der Waals surface area contributed by atoms with Crippen molar-refractivity contribution < 1.29 is 23.9 Å². The molecule has 8 nitrogen and oxygen atoms in total. The van der Waals surface area contributed by atoms with Gasteiger partial charge in [0.1, 0.15) is 12.6 Å². The zero-order valence-corrected chi connectivity index (χ0v) is 21.0. The second-order valence-corrected chi connectivity index (χ2v) is 8.93. The molecule has 1 atom stereocenters. The number of carbonyl (C=O) groups is 3. The van der Waals surface area contributed by atoms with Crippen LogP contribution in [0.4, 0.5) is 4.79 Å². The summed E-state index contributed by atoms with van der Waals surface area (Å²) in [5.41, 5.74) is 2.58. The third kappa shape index (κ3) is 11.5. The highest BCUT2D eigenvalue weighted by Crippen LogP contribution is 2.08. The Morgan fingerprint density at radius 3 is 2.33 bits per heavy atom. The van der Waals surface area contributed by atoms with Gasteiger partial charge in [-0.1, -0.05) is 56.3 Å². The van der Waals surface area contributed by atoms with E-state index in [9.17, 15) is 14.4 Å². The molecule has 192 valence electrons. The number of alkyl carbamates (subject to hydrolysis) is 1. The average molecular weight is 494 g/mol. The number of nitriles is 1. The number of hydrogen-bond donors (Lipinski definition) is 2. The van der Waals surface area contributed by atoms with Crippen LogP contribution < -0.4 is 10.6 Å². The molecule has 2 N–H and O–H groups in total. The zero-order chi connectivity index (χ0) is 26.2. The van der Waals surface area contributed by atoms with E-state index in [1.165, 1.54) is 0 Å². The Labute approximate surface area is 213 Å². The van der Waals surface area contributed by atoms with Crippen molar-refractivity contribution >= 4 is 18.0 Å². The number of unbranched alkanes of at least 4 members (excludes halogenated alkanes) is 1. The van der Waals surface area contributed by atoms with Crippen LogP contribution in [-0.4, -0.2) is 37.2 Å². The molecule has 0 heterocycles. The average Bonchev–Trinajstić information content (AvgIpc) is 2.89. The van der Waals surface area contributed by atoms with Crippen LogP contribution in [0, 0.1) is 17.2 Å². The molecular weight excluding hydrogens is 458 g/mol. The van der Waals surface area contributed by atoms with E-state index in [1.54, 1.807) is 12.1 Å². The number of aryl methyl sites for hydroxylation is 1. The van der Waals surface area contributed by atoms with E-state index in [0.29, 0.717) is 18.7 Å². The molecule has 2 amide bonds. The first-order valence-corrected chi connectivity index (χ1v) is 12.3. The second-order valence-electron chi connectivity index (χ2n) is 8.93. The fourth-order valence-corrected chi connectivity index (χ4v) is 3.30. The van der Waals surface area contributed by atoms with Crippen LogP contribution in [0.15, 0.2) is 54.6 Å². The Morgan fingerprint density at radius 1 is 0.944 bits per heavy atom. The van der Waals surface area contributed by atoms with Gasteiger partial charge in [0.25, 0.3) is 0 Å². The van der Waals surface area contributed by atoms with Gasteiger partial charge in [0.2, 0.25) is 5.91 Å². The monoisotopic (exact) mass is 493 g/mol.